The van der Waals surface area contributed by atoms with Gasteiger partial charge < -0.3 is 14.1 Å². The maximum atomic E-state index is 3.90. The van der Waals surface area contributed by atoms with Crippen molar-refractivity contribution in [3.63, 3.8) is 0 Å². The maximum absolute atomic E-state index is 3.90. The highest BCUT2D eigenvalue weighted by Crippen LogP contribution is 2.41. The number of rotatable bonds is 4. The van der Waals surface area contributed by atoms with Gasteiger partial charge in [-0.15, -0.1) is 0 Å². The van der Waals surface area contributed by atoms with Crippen LogP contribution in [0.25, 0.3) is 84.4 Å². The molecule has 0 amide bonds. The molecule has 3 aromatic heterocycles. The van der Waals surface area contributed by atoms with E-state index in [1.54, 1.807) is 0 Å². The molecule has 1 N–H and O–H groups in total. The zero-order chi connectivity index (χ0) is 33.5. The summed E-state index contributed by atoms with van der Waals surface area (Å²) in [6.45, 7) is 0. The van der Waals surface area contributed by atoms with Crippen LogP contribution in [0.15, 0.2) is 121 Å². The van der Waals surface area contributed by atoms with Crippen LogP contribution in [0.5, 0.6) is 0 Å². The summed E-state index contributed by atoms with van der Waals surface area (Å²) in [6.07, 6.45) is 31.2. The fraction of sp³-hybridized carbons (Fsp3) is 0.167. The molecule has 0 radical (unpaired) electrons. The van der Waals surface area contributed by atoms with Crippen molar-refractivity contribution in [2.24, 2.45) is 0 Å². The standard InChI is InChI=1S/C48H39N3/c1-3-12-34(13-4-1)50-44-20-9-7-16-37(44)41-29-32(23-26-46(41)50)31-22-25-43-40(28-31)39-19-11-18-36(48(39)49-43)33-24-27-47-42(30-33)38-17-8-10-21-45(38)51(47)35-14-5-2-6-15-35/h3,5,7,9,11-17,19-30,36,49H,1-2,4,6,8,10,18H2. The normalized spacial score (nSPS) is 18.2. The van der Waals surface area contributed by atoms with Crippen LogP contribution in [0.1, 0.15) is 67.7 Å². The first-order valence-electron chi connectivity index (χ1n) is 18.7. The zero-order valence-corrected chi connectivity index (χ0v) is 28.7. The molecule has 4 aliphatic carbocycles. The SMILES string of the molecule is C1=CC(n2c3c(c4cc(C5CC=Cc6c5[nH]c5ccc(-c7ccc8c(c7)c7ccccc7n8C7=CCCC=C7)cc65)ccc42)=CCCC=3)=CCC1. The number of hydrogen-bond acceptors (Lipinski definition) is 0. The van der Waals surface area contributed by atoms with Gasteiger partial charge in [-0.3, -0.25) is 0 Å². The number of H-pyrrole nitrogens is 1. The van der Waals surface area contributed by atoms with Crippen LogP contribution in [0, 0.1) is 0 Å². The predicted octanol–water partition coefficient (Wildman–Crippen LogP) is 11.2. The fourth-order valence-electron chi connectivity index (χ4n) is 9.28. The van der Waals surface area contributed by atoms with Gasteiger partial charge in [-0.1, -0.05) is 85.0 Å². The lowest BCUT2D eigenvalue weighted by atomic mass is 9.85. The van der Waals surface area contributed by atoms with E-state index in [0.717, 1.165) is 44.9 Å². The van der Waals surface area contributed by atoms with Gasteiger partial charge >= 0.3 is 0 Å². The fourth-order valence-corrected chi connectivity index (χ4v) is 9.28. The molecule has 1 unspecified atom stereocenters. The summed E-state index contributed by atoms with van der Waals surface area (Å²) in [7, 11) is 0. The van der Waals surface area contributed by atoms with Gasteiger partial charge in [0.2, 0.25) is 0 Å². The van der Waals surface area contributed by atoms with Gasteiger partial charge in [-0.25, -0.2) is 0 Å². The van der Waals surface area contributed by atoms with Gasteiger partial charge in [0.15, 0.2) is 0 Å². The molecule has 0 bridgehead atoms. The highest BCUT2D eigenvalue weighted by molar-refractivity contribution is 6.12. The van der Waals surface area contributed by atoms with E-state index < -0.39 is 0 Å². The molecule has 51 heavy (non-hydrogen) atoms. The van der Waals surface area contributed by atoms with Gasteiger partial charge in [0, 0.05) is 66.2 Å². The third-order valence-electron chi connectivity index (χ3n) is 11.7. The molecule has 0 spiro atoms. The highest BCUT2D eigenvalue weighted by Gasteiger charge is 2.25. The summed E-state index contributed by atoms with van der Waals surface area (Å²) in [6, 6.07) is 30.1. The van der Waals surface area contributed by atoms with Crippen molar-refractivity contribution >= 4 is 73.2 Å². The average molecular weight is 658 g/mol. The largest absolute Gasteiger partial charge is 0.357 e. The first-order valence-corrected chi connectivity index (χ1v) is 18.7. The van der Waals surface area contributed by atoms with Crippen LogP contribution in [-0.2, 0) is 0 Å². The summed E-state index contributed by atoms with van der Waals surface area (Å²) in [5.74, 6) is 0.288. The van der Waals surface area contributed by atoms with Gasteiger partial charge in [0.1, 0.15) is 0 Å². The molecule has 4 aromatic carbocycles. The van der Waals surface area contributed by atoms with Gasteiger partial charge in [0.05, 0.1) is 16.6 Å². The van der Waals surface area contributed by atoms with E-state index in [1.807, 2.05) is 0 Å². The highest BCUT2D eigenvalue weighted by atomic mass is 15.0. The van der Waals surface area contributed by atoms with E-state index in [1.165, 1.54) is 93.5 Å². The number of nitrogens with one attached hydrogen (secondary N) is 1. The summed E-state index contributed by atoms with van der Waals surface area (Å²) in [5.41, 5.74) is 14.2. The smallest absolute Gasteiger partial charge is 0.0541 e. The van der Waals surface area contributed by atoms with E-state index in [-0.39, 0.29) is 5.92 Å². The van der Waals surface area contributed by atoms with Crippen molar-refractivity contribution in [2.45, 2.75) is 50.9 Å². The number of benzene rings is 4. The Kier molecular flexibility index (Phi) is 6.46. The monoisotopic (exact) mass is 657 g/mol. The van der Waals surface area contributed by atoms with Crippen molar-refractivity contribution in [2.75, 3.05) is 0 Å². The lowest BCUT2D eigenvalue weighted by Crippen LogP contribution is -2.30. The van der Waals surface area contributed by atoms with Crippen LogP contribution < -0.4 is 10.6 Å². The number of allylic oxidation sites excluding steroid dienone is 9. The minimum Gasteiger partial charge on any atom is -0.357 e. The molecule has 0 fully saturated rings. The molecule has 3 nitrogen and oxygen atoms in total. The molecule has 3 heteroatoms. The van der Waals surface area contributed by atoms with Crippen LogP contribution in [0.3, 0.4) is 0 Å². The summed E-state index contributed by atoms with van der Waals surface area (Å²) in [5, 5.41) is 8.04. The molecular formula is C48H39N3. The Hall–Kier alpha value is -5.80. The van der Waals surface area contributed by atoms with Crippen molar-refractivity contribution in [3.05, 3.63) is 149 Å². The van der Waals surface area contributed by atoms with Gasteiger partial charge in [-0.05, 0) is 116 Å². The van der Waals surface area contributed by atoms with Crippen LogP contribution in [0.2, 0.25) is 0 Å². The molecule has 0 saturated carbocycles. The molecule has 3 heterocycles. The second kappa shape index (κ2) is 11.4. The van der Waals surface area contributed by atoms with Crippen LogP contribution in [-0.4, -0.2) is 14.1 Å². The molecule has 246 valence electrons. The van der Waals surface area contributed by atoms with Crippen molar-refractivity contribution < 1.29 is 0 Å². The van der Waals surface area contributed by atoms with Crippen LogP contribution >= 0.6 is 0 Å². The van der Waals surface area contributed by atoms with Gasteiger partial charge in [-0.2, -0.15) is 0 Å². The minimum atomic E-state index is 0.288. The summed E-state index contributed by atoms with van der Waals surface area (Å²) < 4.78 is 4.93. The Morgan fingerprint density at radius 1 is 0.529 bits per heavy atom. The van der Waals surface area contributed by atoms with E-state index in [2.05, 4.69) is 154 Å². The van der Waals surface area contributed by atoms with Crippen molar-refractivity contribution in [3.8, 4) is 11.1 Å². The van der Waals surface area contributed by atoms with Crippen molar-refractivity contribution in [1.29, 1.82) is 0 Å². The number of aromatic amines is 1. The lowest BCUT2D eigenvalue weighted by molar-refractivity contribution is 0.797. The topological polar surface area (TPSA) is 25.6 Å². The first kappa shape index (κ1) is 29.0. The molecule has 0 saturated heterocycles. The Morgan fingerprint density at radius 3 is 2.08 bits per heavy atom. The van der Waals surface area contributed by atoms with Crippen LogP contribution in [0.4, 0.5) is 0 Å². The number of fused-ring (bicyclic) bond motifs is 9. The Balaban J connectivity index is 1.01. The number of hydrogen-bond donors (Lipinski definition) is 1. The third-order valence-corrected chi connectivity index (χ3v) is 11.7. The second-order valence-corrected chi connectivity index (χ2v) is 14.6. The molecule has 1 atom stereocenters. The maximum Gasteiger partial charge on any atom is 0.0541 e. The molecule has 4 aliphatic rings. The van der Waals surface area contributed by atoms with Gasteiger partial charge in [0.25, 0.3) is 0 Å². The molecule has 7 aromatic rings. The Labute approximate surface area is 297 Å². The van der Waals surface area contributed by atoms with E-state index in [9.17, 15) is 0 Å². The summed E-state index contributed by atoms with van der Waals surface area (Å²) in [4.78, 5) is 3.90. The Morgan fingerprint density at radius 2 is 1.24 bits per heavy atom. The first-order chi connectivity index (χ1) is 25.3. The number of para-hydroxylation sites is 1. The predicted molar refractivity (Wildman–Crippen MR) is 217 cm³/mol. The molecule has 0 aliphatic heterocycles. The average Bonchev–Trinajstić information content (AvgIpc) is 3.85. The van der Waals surface area contributed by atoms with E-state index in [0.29, 0.717) is 0 Å². The number of aromatic nitrogens is 3. The Bertz CT molecular complexity index is 2890. The lowest BCUT2D eigenvalue weighted by Gasteiger charge is -2.20. The van der Waals surface area contributed by atoms with E-state index >= 15 is 0 Å². The summed E-state index contributed by atoms with van der Waals surface area (Å²) >= 11 is 0. The molecular weight excluding hydrogens is 619 g/mol. The molecule has 11 rings (SSSR count). The van der Waals surface area contributed by atoms with Crippen molar-refractivity contribution in [1.82, 2.24) is 14.1 Å². The van der Waals surface area contributed by atoms with E-state index in [4.69, 9.17) is 0 Å². The zero-order valence-electron chi connectivity index (χ0n) is 28.7. The quantitative estimate of drug-likeness (QED) is 0.195. The minimum absolute atomic E-state index is 0.288. The third kappa shape index (κ3) is 4.44. The second-order valence-electron chi connectivity index (χ2n) is 14.6. The number of nitrogens with zero attached hydrogens (tertiary/aromatic N) is 2.